The standard InChI is InChI=1S/C12H22N2O7S/c1-4(7(13)11(19)20)22-12-8(14-5(2)16)10(18)9(17)6(3-15)21-12/h4,6-10,12,15,17-18H,3,13H2,1-2H3,(H,14,16)(H,19,20). The summed E-state index contributed by atoms with van der Waals surface area (Å²) in [7, 11) is 0. The predicted molar refractivity (Wildman–Crippen MR) is 78.0 cm³/mol. The van der Waals surface area contributed by atoms with Crippen molar-refractivity contribution in [1.29, 1.82) is 0 Å². The Hall–Kier alpha value is -0.910. The first-order valence-corrected chi connectivity index (χ1v) is 7.66. The maximum Gasteiger partial charge on any atom is 0.321 e. The fourth-order valence-corrected chi connectivity index (χ4v) is 3.40. The summed E-state index contributed by atoms with van der Waals surface area (Å²) in [5.41, 5.74) is 4.67. The van der Waals surface area contributed by atoms with E-state index in [0.29, 0.717) is 0 Å². The van der Waals surface area contributed by atoms with E-state index < -0.39 is 59.6 Å². The SMILES string of the molecule is CC(=O)NC1C(SC(C)C(N)C(=O)O)OC(CO)C(O)C1O. The van der Waals surface area contributed by atoms with Crippen molar-refractivity contribution in [2.24, 2.45) is 5.73 Å². The fraction of sp³-hybridized carbons (Fsp3) is 0.833. The van der Waals surface area contributed by atoms with Crippen LogP contribution in [-0.2, 0) is 14.3 Å². The van der Waals surface area contributed by atoms with Gasteiger partial charge in [-0.15, -0.1) is 11.8 Å². The van der Waals surface area contributed by atoms with Crippen molar-refractivity contribution < 1.29 is 34.8 Å². The lowest BCUT2D eigenvalue weighted by Gasteiger charge is -2.43. The molecule has 10 heteroatoms. The lowest BCUT2D eigenvalue weighted by atomic mass is 9.98. The summed E-state index contributed by atoms with van der Waals surface area (Å²) in [6.45, 7) is 2.29. The Morgan fingerprint density at radius 1 is 1.36 bits per heavy atom. The third kappa shape index (κ3) is 4.54. The Labute approximate surface area is 131 Å². The first-order valence-electron chi connectivity index (χ1n) is 6.72. The topological polar surface area (TPSA) is 162 Å². The zero-order valence-corrected chi connectivity index (χ0v) is 13.1. The van der Waals surface area contributed by atoms with Gasteiger partial charge in [0.25, 0.3) is 0 Å². The zero-order chi connectivity index (χ0) is 17.0. The number of carbonyl (C=O) groups is 2. The molecule has 0 aromatic rings. The van der Waals surface area contributed by atoms with E-state index in [2.05, 4.69) is 5.32 Å². The molecule has 9 nitrogen and oxygen atoms in total. The molecule has 1 saturated heterocycles. The van der Waals surface area contributed by atoms with Crippen LogP contribution in [0.4, 0.5) is 0 Å². The minimum Gasteiger partial charge on any atom is -0.480 e. The number of rotatable bonds is 6. The van der Waals surface area contributed by atoms with Crippen LogP contribution < -0.4 is 11.1 Å². The van der Waals surface area contributed by atoms with Crippen LogP contribution >= 0.6 is 11.8 Å². The lowest BCUT2D eigenvalue weighted by Crippen LogP contribution is -2.63. The molecule has 0 aliphatic carbocycles. The third-order valence-electron chi connectivity index (χ3n) is 3.39. The van der Waals surface area contributed by atoms with Gasteiger partial charge in [-0.1, -0.05) is 6.92 Å². The highest BCUT2D eigenvalue weighted by molar-refractivity contribution is 8.00. The number of nitrogens with one attached hydrogen (secondary N) is 1. The normalized spacial score (nSPS) is 34.7. The summed E-state index contributed by atoms with van der Waals surface area (Å²) in [6.07, 6.45) is -3.77. The summed E-state index contributed by atoms with van der Waals surface area (Å²) >= 11 is 1.01. The summed E-state index contributed by atoms with van der Waals surface area (Å²) in [5.74, 6) is -1.63. The quantitative estimate of drug-likeness (QED) is 0.306. The van der Waals surface area contributed by atoms with Gasteiger partial charge in [-0.25, -0.2) is 0 Å². The second kappa shape index (κ2) is 8.09. The molecule has 1 aliphatic heterocycles. The average Bonchev–Trinajstić information content (AvgIpc) is 2.45. The number of aliphatic hydroxyl groups excluding tert-OH is 3. The summed E-state index contributed by atoms with van der Waals surface area (Å²) in [4.78, 5) is 22.2. The van der Waals surface area contributed by atoms with E-state index in [1.54, 1.807) is 6.92 Å². The minimum absolute atomic E-state index is 0.442. The highest BCUT2D eigenvalue weighted by atomic mass is 32.2. The largest absolute Gasteiger partial charge is 0.480 e. The molecular weight excluding hydrogens is 316 g/mol. The molecule has 1 amide bonds. The van der Waals surface area contributed by atoms with E-state index in [0.717, 1.165) is 11.8 Å². The summed E-state index contributed by atoms with van der Waals surface area (Å²) in [6, 6.07) is -2.12. The molecule has 7 unspecified atom stereocenters. The molecular formula is C12H22N2O7S. The number of amides is 1. The van der Waals surface area contributed by atoms with E-state index in [4.69, 9.17) is 15.6 Å². The summed E-state index contributed by atoms with van der Waals surface area (Å²) < 4.78 is 5.47. The monoisotopic (exact) mass is 338 g/mol. The van der Waals surface area contributed by atoms with Gasteiger partial charge >= 0.3 is 5.97 Å². The van der Waals surface area contributed by atoms with Gasteiger partial charge in [0, 0.05) is 12.2 Å². The maximum atomic E-state index is 11.3. The highest BCUT2D eigenvalue weighted by Crippen LogP contribution is 2.31. The van der Waals surface area contributed by atoms with Gasteiger partial charge in [0.05, 0.1) is 12.6 Å². The van der Waals surface area contributed by atoms with Gasteiger partial charge in [-0.2, -0.15) is 0 Å². The lowest BCUT2D eigenvalue weighted by molar-refractivity contribution is -0.173. The number of aliphatic carboxylic acids is 1. The van der Waals surface area contributed by atoms with Crippen LogP contribution in [0.5, 0.6) is 0 Å². The van der Waals surface area contributed by atoms with Crippen LogP contribution in [0, 0.1) is 0 Å². The van der Waals surface area contributed by atoms with Gasteiger partial charge in [0.15, 0.2) is 0 Å². The third-order valence-corrected chi connectivity index (χ3v) is 4.79. The molecule has 1 aliphatic rings. The second-order valence-corrected chi connectivity index (χ2v) is 6.62. The molecule has 7 atom stereocenters. The maximum absolute atomic E-state index is 11.3. The number of carboxylic acids is 1. The van der Waals surface area contributed by atoms with Gasteiger partial charge < -0.3 is 36.2 Å². The van der Waals surface area contributed by atoms with Gasteiger partial charge in [-0.05, 0) is 0 Å². The molecule has 0 aromatic carbocycles. The van der Waals surface area contributed by atoms with E-state index >= 15 is 0 Å². The van der Waals surface area contributed by atoms with Crippen molar-refractivity contribution in [2.75, 3.05) is 6.61 Å². The minimum atomic E-state index is -1.37. The summed E-state index contributed by atoms with van der Waals surface area (Å²) in [5, 5.41) is 39.9. The molecule has 0 bridgehead atoms. The second-order valence-electron chi connectivity index (χ2n) is 5.14. The molecule has 0 radical (unpaired) electrons. The number of hydrogen-bond acceptors (Lipinski definition) is 8. The average molecular weight is 338 g/mol. The van der Waals surface area contributed by atoms with E-state index in [1.807, 2.05) is 0 Å². The molecule has 7 N–H and O–H groups in total. The van der Waals surface area contributed by atoms with Crippen LogP contribution in [-0.4, -0.2) is 80.0 Å². The van der Waals surface area contributed by atoms with E-state index in [9.17, 15) is 24.9 Å². The molecule has 22 heavy (non-hydrogen) atoms. The molecule has 0 saturated carbocycles. The van der Waals surface area contributed by atoms with Crippen LogP contribution in [0.3, 0.4) is 0 Å². The first-order chi connectivity index (χ1) is 10.2. The van der Waals surface area contributed by atoms with Crippen molar-refractivity contribution >= 4 is 23.6 Å². The number of hydrogen-bond donors (Lipinski definition) is 6. The van der Waals surface area contributed by atoms with Crippen molar-refractivity contribution in [3.63, 3.8) is 0 Å². The number of aliphatic hydroxyl groups is 3. The van der Waals surface area contributed by atoms with Crippen molar-refractivity contribution in [3.8, 4) is 0 Å². The first kappa shape index (κ1) is 19.1. The van der Waals surface area contributed by atoms with Gasteiger partial charge in [-0.3, -0.25) is 9.59 Å². The number of nitrogens with two attached hydrogens (primary N) is 1. The molecule has 0 aromatic heterocycles. The van der Waals surface area contributed by atoms with Crippen LogP contribution in [0.25, 0.3) is 0 Å². The number of thioether (sulfide) groups is 1. The smallest absolute Gasteiger partial charge is 0.321 e. The Bertz CT molecular complexity index is 411. The highest BCUT2D eigenvalue weighted by Gasteiger charge is 2.45. The van der Waals surface area contributed by atoms with Crippen molar-refractivity contribution in [1.82, 2.24) is 5.32 Å². The fourth-order valence-electron chi connectivity index (χ4n) is 2.08. The van der Waals surface area contributed by atoms with E-state index in [-0.39, 0.29) is 0 Å². The zero-order valence-electron chi connectivity index (χ0n) is 12.2. The van der Waals surface area contributed by atoms with Crippen LogP contribution in [0.1, 0.15) is 13.8 Å². The van der Waals surface area contributed by atoms with Crippen molar-refractivity contribution in [2.45, 2.75) is 54.9 Å². The Morgan fingerprint density at radius 3 is 2.41 bits per heavy atom. The molecule has 128 valence electrons. The number of carbonyl (C=O) groups excluding carboxylic acids is 1. The number of carboxylic acid groups (broad SMARTS) is 1. The van der Waals surface area contributed by atoms with Gasteiger partial charge in [0.2, 0.25) is 5.91 Å². The van der Waals surface area contributed by atoms with E-state index in [1.165, 1.54) is 6.92 Å². The molecule has 1 rings (SSSR count). The Morgan fingerprint density at radius 2 is 1.95 bits per heavy atom. The Kier molecular flexibility index (Phi) is 7.03. The van der Waals surface area contributed by atoms with Crippen LogP contribution in [0.15, 0.2) is 0 Å². The molecule has 1 heterocycles. The number of ether oxygens (including phenoxy) is 1. The molecule has 0 spiro atoms. The van der Waals surface area contributed by atoms with Crippen molar-refractivity contribution in [3.05, 3.63) is 0 Å². The Balaban J connectivity index is 2.89. The molecule has 1 fully saturated rings. The van der Waals surface area contributed by atoms with Crippen LogP contribution in [0.2, 0.25) is 0 Å². The van der Waals surface area contributed by atoms with Gasteiger partial charge in [0.1, 0.15) is 29.8 Å². The predicted octanol–water partition coefficient (Wildman–Crippen LogP) is -2.54.